The van der Waals surface area contributed by atoms with Gasteiger partial charge in [-0.05, 0) is 35.4 Å². The van der Waals surface area contributed by atoms with Crippen molar-refractivity contribution in [2.75, 3.05) is 6.54 Å². The maximum Gasteiger partial charge on any atom is 0.405 e. The van der Waals surface area contributed by atoms with Crippen LogP contribution in [-0.4, -0.2) is 30.6 Å². The molecular weight excluding hydrogens is 559 g/mol. The molecule has 0 aromatic heterocycles. The van der Waals surface area contributed by atoms with E-state index < -0.39 is 53.8 Å². The molecule has 1 unspecified atom stereocenters. The highest BCUT2D eigenvalue weighted by Gasteiger charge is 2.39. The van der Waals surface area contributed by atoms with Crippen molar-refractivity contribution in [3.05, 3.63) is 74.5 Å². The molecule has 0 bridgehead atoms. The third kappa shape index (κ3) is 8.43. The van der Waals surface area contributed by atoms with Crippen molar-refractivity contribution in [2.45, 2.75) is 31.1 Å². The Kier molecular flexibility index (Phi) is 9.29. The number of alkyl halides is 6. The fourth-order valence-corrected chi connectivity index (χ4v) is 3.64. The van der Waals surface area contributed by atoms with E-state index in [0.29, 0.717) is 5.56 Å². The maximum atomic E-state index is 13.5. The van der Waals surface area contributed by atoms with Gasteiger partial charge in [0.2, 0.25) is 5.91 Å². The van der Waals surface area contributed by atoms with Crippen molar-refractivity contribution in [1.29, 1.82) is 0 Å². The molecule has 0 spiro atoms. The van der Waals surface area contributed by atoms with Crippen molar-refractivity contribution in [1.82, 2.24) is 5.32 Å². The zero-order chi connectivity index (χ0) is 25.7. The molecule has 0 radical (unpaired) electrons. The summed E-state index contributed by atoms with van der Waals surface area (Å²) in [5, 5.41) is 1.21. The first kappa shape index (κ1) is 27.8. The lowest BCUT2D eigenvalue weighted by Crippen LogP contribution is -2.33. The Morgan fingerprint density at radius 1 is 1.03 bits per heavy atom. The van der Waals surface area contributed by atoms with Gasteiger partial charge in [0.25, 0.3) is 0 Å². The molecule has 2 rings (SSSR count). The summed E-state index contributed by atoms with van der Waals surface area (Å²) in [5.74, 6) is -4.41. The van der Waals surface area contributed by atoms with Crippen LogP contribution >= 0.6 is 27.5 Å². The summed E-state index contributed by atoms with van der Waals surface area (Å²) in [4.78, 5) is 23.7. The minimum Gasteiger partial charge on any atom is -0.347 e. The van der Waals surface area contributed by atoms with Gasteiger partial charge >= 0.3 is 12.4 Å². The predicted octanol–water partition coefficient (Wildman–Crippen LogP) is 7.24. The molecule has 0 heterocycles. The summed E-state index contributed by atoms with van der Waals surface area (Å²) in [5.41, 5.74) is 0.150. The van der Waals surface area contributed by atoms with E-state index in [1.165, 1.54) is 24.3 Å². The zero-order valence-corrected chi connectivity index (χ0v) is 19.4. The van der Waals surface area contributed by atoms with Crippen LogP contribution < -0.4 is 5.32 Å². The molecule has 184 valence electrons. The number of rotatable bonds is 8. The minimum atomic E-state index is -4.68. The molecule has 1 atom stereocenters. The van der Waals surface area contributed by atoms with Crippen LogP contribution in [0.4, 0.5) is 30.7 Å². The maximum absolute atomic E-state index is 13.5. The van der Waals surface area contributed by atoms with Crippen LogP contribution in [-0.2, 0) is 4.79 Å². The van der Waals surface area contributed by atoms with Gasteiger partial charge in [0.1, 0.15) is 12.4 Å². The van der Waals surface area contributed by atoms with Crippen LogP contribution in [0.5, 0.6) is 0 Å². The van der Waals surface area contributed by atoms with Gasteiger partial charge in [0.05, 0.1) is 10.9 Å². The minimum absolute atomic E-state index is 0.110. The molecule has 2 aromatic carbocycles. The number of ketones is 1. The second-order valence-electron chi connectivity index (χ2n) is 7.11. The van der Waals surface area contributed by atoms with E-state index in [0.717, 1.165) is 24.3 Å². The third-order valence-corrected chi connectivity index (χ3v) is 5.44. The van der Waals surface area contributed by atoms with E-state index in [1.54, 1.807) is 5.32 Å². The predicted molar refractivity (Wildman–Crippen MR) is 116 cm³/mol. The van der Waals surface area contributed by atoms with Gasteiger partial charge in [-0.25, -0.2) is 4.39 Å². The van der Waals surface area contributed by atoms with Crippen LogP contribution in [0.15, 0.2) is 46.9 Å². The van der Waals surface area contributed by atoms with Crippen LogP contribution in [0.3, 0.4) is 0 Å². The van der Waals surface area contributed by atoms with Crippen molar-refractivity contribution in [2.24, 2.45) is 0 Å². The first-order valence-electron chi connectivity index (χ1n) is 9.53. The lowest BCUT2D eigenvalue weighted by atomic mass is 9.96. The molecule has 0 saturated heterocycles. The fraction of sp³-hybridized carbons (Fsp3) is 0.273. The molecule has 34 heavy (non-hydrogen) atoms. The van der Waals surface area contributed by atoms with Gasteiger partial charge in [0.15, 0.2) is 5.78 Å². The zero-order valence-electron chi connectivity index (χ0n) is 17.0. The average Bonchev–Trinajstić information content (AvgIpc) is 2.71. The number of carbonyl (C=O) groups excluding carboxylic acids is 2. The molecule has 0 fully saturated rings. The Bertz CT molecular complexity index is 1080. The summed E-state index contributed by atoms with van der Waals surface area (Å²) in [6, 6.07) is 6.76. The van der Waals surface area contributed by atoms with Crippen molar-refractivity contribution < 1.29 is 40.3 Å². The van der Waals surface area contributed by atoms with Crippen LogP contribution in [0.2, 0.25) is 5.02 Å². The second kappa shape index (κ2) is 11.4. The summed E-state index contributed by atoms with van der Waals surface area (Å²) in [6.45, 7) is -1.51. The number of benzene rings is 2. The number of halogens is 9. The molecule has 1 amide bonds. The van der Waals surface area contributed by atoms with E-state index >= 15 is 0 Å². The van der Waals surface area contributed by atoms with Gasteiger partial charge in [-0.2, -0.15) is 26.3 Å². The third-order valence-electron chi connectivity index (χ3n) is 4.50. The highest BCUT2D eigenvalue weighted by atomic mass is 79.9. The molecular formula is C22H16BrClF7NO2. The number of carbonyl (C=O) groups is 2. The van der Waals surface area contributed by atoms with Gasteiger partial charge < -0.3 is 5.32 Å². The molecule has 0 aliphatic heterocycles. The Balaban J connectivity index is 2.11. The number of Topliss-reactive ketones (excluding diaryl/α,β-unsaturated/α-hetero) is 1. The Morgan fingerprint density at radius 3 is 2.26 bits per heavy atom. The summed E-state index contributed by atoms with van der Waals surface area (Å²) in [7, 11) is 0. The van der Waals surface area contributed by atoms with Crippen LogP contribution in [0.25, 0.3) is 6.08 Å². The molecule has 3 nitrogen and oxygen atoms in total. The number of hydrogen-bond donors (Lipinski definition) is 1. The van der Waals surface area contributed by atoms with E-state index in [9.17, 15) is 40.3 Å². The normalized spacial score (nSPS) is 13.2. The monoisotopic (exact) mass is 573 g/mol. The highest BCUT2D eigenvalue weighted by molar-refractivity contribution is 9.10. The van der Waals surface area contributed by atoms with Crippen molar-refractivity contribution in [3.63, 3.8) is 0 Å². The number of allylic oxidation sites excluding steroid dienone is 1. The lowest BCUT2D eigenvalue weighted by molar-refractivity contribution is -0.139. The molecule has 0 saturated carbocycles. The summed E-state index contributed by atoms with van der Waals surface area (Å²) >= 11 is 8.73. The Hall–Kier alpha value is -2.40. The van der Waals surface area contributed by atoms with Crippen LogP contribution in [0.1, 0.15) is 40.2 Å². The Morgan fingerprint density at radius 2 is 1.71 bits per heavy atom. The van der Waals surface area contributed by atoms with Gasteiger partial charge in [-0.1, -0.05) is 51.8 Å². The quantitative estimate of drug-likeness (QED) is 0.267. The average molecular weight is 575 g/mol. The van der Waals surface area contributed by atoms with E-state index in [4.69, 9.17) is 11.6 Å². The van der Waals surface area contributed by atoms with E-state index in [2.05, 4.69) is 15.9 Å². The fourth-order valence-electron chi connectivity index (χ4n) is 2.83. The summed E-state index contributed by atoms with van der Waals surface area (Å²) in [6.07, 6.45) is -8.05. The first-order chi connectivity index (χ1) is 15.7. The van der Waals surface area contributed by atoms with Crippen LogP contribution in [0, 0.1) is 5.82 Å². The van der Waals surface area contributed by atoms with Gasteiger partial charge in [-0.3, -0.25) is 9.59 Å². The number of amides is 1. The molecule has 2 aromatic rings. The largest absolute Gasteiger partial charge is 0.405 e. The summed E-state index contributed by atoms with van der Waals surface area (Å²) < 4.78 is 90.4. The van der Waals surface area contributed by atoms with Gasteiger partial charge in [0, 0.05) is 22.9 Å². The SMILES string of the molecule is O=C(CCC(=O)c1ccc(/C=C/C(c2ccc(F)c(Cl)c2)C(F)(F)F)cc1Br)NCC(F)(F)F. The molecule has 12 heteroatoms. The Labute approximate surface area is 203 Å². The van der Waals surface area contributed by atoms with Crippen molar-refractivity contribution in [3.8, 4) is 0 Å². The number of hydrogen-bond acceptors (Lipinski definition) is 2. The van der Waals surface area contributed by atoms with Gasteiger partial charge in [-0.15, -0.1) is 0 Å². The molecule has 1 N–H and O–H groups in total. The standard InChI is InChI=1S/C22H16BrClF7NO2/c23-16-9-12(1-4-14(16)19(33)7-8-20(34)32-11-21(26,27)28)2-5-15(22(29,30)31)13-3-6-18(25)17(24)10-13/h1-6,9-10,15H,7-8,11H2,(H,32,34)/b5-2+. The first-order valence-corrected chi connectivity index (χ1v) is 10.7. The van der Waals surface area contributed by atoms with E-state index in [1.807, 2.05) is 0 Å². The number of nitrogens with one attached hydrogen (secondary N) is 1. The molecule has 0 aliphatic rings. The topological polar surface area (TPSA) is 46.2 Å². The second-order valence-corrected chi connectivity index (χ2v) is 8.37. The smallest absolute Gasteiger partial charge is 0.347 e. The highest BCUT2D eigenvalue weighted by Crippen LogP contribution is 2.38. The van der Waals surface area contributed by atoms with Crippen molar-refractivity contribution >= 4 is 45.3 Å². The van der Waals surface area contributed by atoms with E-state index in [-0.39, 0.29) is 22.0 Å². The lowest BCUT2D eigenvalue weighted by Gasteiger charge is -2.17. The molecule has 0 aliphatic carbocycles.